The molecular formula is C11H17N3O. The average molecular weight is 207 g/mol. The van der Waals surface area contributed by atoms with Crippen LogP contribution in [0.15, 0.2) is 10.9 Å². The van der Waals surface area contributed by atoms with E-state index in [0.29, 0.717) is 0 Å². The number of nitrogen functional groups attached to an aromatic ring is 1. The van der Waals surface area contributed by atoms with E-state index >= 15 is 0 Å². The van der Waals surface area contributed by atoms with E-state index in [-0.39, 0.29) is 5.56 Å². The number of aromatic nitrogens is 1. The summed E-state index contributed by atoms with van der Waals surface area (Å²) in [6.45, 7) is 3.77. The largest absolute Gasteiger partial charge is 0.396 e. The van der Waals surface area contributed by atoms with Crippen molar-refractivity contribution in [2.24, 2.45) is 0 Å². The van der Waals surface area contributed by atoms with Gasteiger partial charge in [-0.3, -0.25) is 9.36 Å². The van der Waals surface area contributed by atoms with Gasteiger partial charge in [0, 0.05) is 26.2 Å². The van der Waals surface area contributed by atoms with Gasteiger partial charge in [0.05, 0.1) is 5.69 Å². The first-order valence-corrected chi connectivity index (χ1v) is 5.38. The minimum atomic E-state index is 0.0719. The molecule has 1 aromatic heterocycles. The van der Waals surface area contributed by atoms with Crippen LogP contribution in [0.3, 0.4) is 0 Å². The summed E-state index contributed by atoms with van der Waals surface area (Å²) in [5, 5.41) is 0. The Morgan fingerprint density at radius 2 is 2.20 bits per heavy atom. The third kappa shape index (κ3) is 1.50. The molecule has 82 valence electrons. The molecule has 0 unspecified atom stereocenters. The number of nitrogens with two attached hydrogens (primary N) is 1. The van der Waals surface area contributed by atoms with E-state index < -0.39 is 0 Å². The maximum absolute atomic E-state index is 11.8. The van der Waals surface area contributed by atoms with Gasteiger partial charge in [0.2, 0.25) is 0 Å². The normalized spacial score (nSPS) is 15.2. The Kier molecular flexibility index (Phi) is 2.42. The molecule has 2 rings (SSSR count). The minimum Gasteiger partial charge on any atom is -0.396 e. The van der Waals surface area contributed by atoms with Crippen molar-refractivity contribution in [3.05, 3.63) is 22.0 Å². The van der Waals surface area contributed by atoms with E-state index in [1.54, 1.807) is 10.6 Å². The van der Waals surface area contributed by atoms with Crippen molar-refractivity contribution in [2.75, 3.05) is 24.2 Å². The van der Waals surface area contributed by atoms with Crippen molar-refractivity contribution in [2.45, 2.75) is 26.3 Å². The molecule has 15 heavy (non-hydrogen) atoms. The van der Waals surface area contributed by atoms with Gasteiger partial charge in [-0.05, 0) is 18.4 Å². The van der Waals surface area contributed by atoms with Gasteiger partial charge in [-0.1, -0.05) is 6.92 Å². The Labute approximate surface area is 89.3 Å². The van der Waals surface area contributed by atoms with Gasteiger partial charge in [-0.15, -0.1) is 0 Å². The van der Waals surface area contributed by atoms with Crippen LogP contribution >= 0.6 is 0 Å². The van der Waals surface area contributed by atoms with Crippen LogP contribution < -0.4 is 16.2 Å². The Morgan fingerprint density at radius 3 is 2.87 bits per heavy atom. The molecule has 0 aromatic carbocycles. The highest BCUT2D eigenvalue weighted by Gasteiger charge is 2.19. The number of fused-ring (bicyclic) bond motifs is 1. The van der Waals surface area contributed by atoms with Crippen LogP contribution in [-0.2, 0) is 13.0 Å². The third-order valence-electron chi connectivity index (χ3n) is 3.02. The molecule has 4 nitrogen and oxygen atoms in total. The zero-order valence-corrected chi connectivity index (χ0v) is 9.29. The van der Waals surface area contributed by atoms with E-state index in [0.717, 1.165) is 43.0 Å². The Hall–Kier alpha value is -1.45. The highest BCUT2D eigenvalue weighted by atomic mass is 16.1. The van der Waals surface area contributed by atoms with Crippen molar-refractivity contribution < 1.29 is 0 Å². The summed E-state index contributed by atoms with van der Waals surface area (Å²) in [6.07, 6.45) is 1.82. The zero-order chi connectivity index (χ0) is 11.0. The summed E-state index contributed by atoms with van der Waals surface area (Å²) in [6, 6.07) is 1.66. The number of hydrogen-bond donors (Lipinski definition) is 1. The van der Waals surface area contributed by atoms with Crippen LogP contribution in [-0.4, -0.2) is 18.2 Å². The molecule has 1 aliphatic rings. The van der Waals surface area contributed by atoms with Crippen LogP contribution in [0.5, 0.6) is 0 Å². The van der Waals surface area contributed by atoms with Gasteiger partial charge in [-0.2, -0.15) is 0 Å². The lowest BCUT2D eigenvalue weighted by Crippen LogP contribution is -2.36. The predicted molar refractivity (Wildman–Crippen MR) is 62.4 cm³/mol. The molecule has 2 N–H and O–H groups in total. The molecular weight excluding hydrogens is 190 g/mol. The van der Waals surface area contributed by atoms with Crippen molar-refractivity contribution in [3.8, 4) is 0 Å². The monoisotopic (exact) mass is 207 g/mol. The number of nitrogens with zero attached hydrogens (tertiary/aromatic N) is 2. The van der Waals surface area contributed by atoms with Gasteiger partial charge < -0.3 is 10.6 Å². The van der Waals surface area contributed by atoms with E-state index in [4.69, 9.17) is 5.73 Å². The lowest BCUT2D eigenvalue weighted by molar-refractivity contribution is 0.566. The summed E-state index contributed by atoms with van der Waals surface area (Å²) in [4.78, 5) is 13.9. The summed E-state index contributed by atoms with van der Waals surface area (Å²) >= 11 is 0. The zero-order valence-electron chi connectivity index (χ0n) is 9.29. The minimum absolute atomic E-state index is 0.0719. The molecule has 2 heterocycles. The third-order valence-corrected chi connectivity index (χ3v) is 3.02. The second-order valence-electron chi connectivity index (χ2n) is 4.03. The van der Waals surface area contributed by atoms with E-state index in [9.17, 15) is 4.79 Å². The number of hydrogen-bond acceptors (Lipinski definition) is 3. The smallest absolute Gasteiger partial charge is 0.252 e. The number of anilines is 2. The topological polar surface area (TPSA) is 51.3 Å². The van der Waals surface area contributed by atoms with Crippen LogP contribution in [0, 0.1) is 0 Å². The SMILES string of the molecule is CCc1cc(=O)n2c(c1N)N(C)CCC2. The summed E-state index contributed by atoms with van der Waals surface area (Å²) in [5.41, 5.74) is 7.87. The number of aryl methyl sites for hydroxylation is 1. The van der Waals surface area contributed by atoms with Crippen molar-refractivity contribution in [3.63, 3.8) is 0 Å². The Morgan fingerprint density at radius 1 is 1.47 bits per heavy atom. The molecule has 4 heteroatoms. The number of pyridine rings is 1. The molecule has 1 aliphatic heterocycles. The lowest BCUT2D eigenvalue weighted by atomic mass is 10.1. The predicted octanol–water partition coefficient (Wildman–Crippen LogP) is 0.833. The molecule has 0 radical (unpaired) electrons. The maximum Gasteiger partial charge on any atom is 0.252 e. The summed E-state index contributed by atoms with van der Waals surface area (Å²) < 4.78 is 1.78. The second-order valence-corrected chi connectivity index (χ2v) is 4.03. The first-order chi connectivity index (χ1) is 7.15. The van der Waals surface area contributed by atoms with Crippen molar-refractivity contribution >= 4 is 11.5 Å². The molecule has 0 amide bonds. The molecule has 0 aliphatic carbocycles. The van der Waals surface area contributed by atoms with E-state index in [1.807, 2.05) is 14.0 Å². The first-order valence-electron chi connectivity index (χ1n) is 5.38. The van der Waals surface area contributed by atoms with Gasteiger partial charge >= 0.3 is 0 Å². The first kappa shape index (κ1) is 10.1. The quantitative estimate of drug-likeness (QED) is 0.742. The molecule has 1 aromatic rings. The van der Waals surface area contributed by atoms with E-state index in [2.05, 4.69) is 4.90 Å². The Bertz CT molecular complexity index is 436. The maximum atomic E-state index is 11.8. The standard InChI is InChI=1S/C11H17N3O/c1-3-8-7-9(15)14-6-4-5-13(2)11(14)10(8)12/h7H,3-6,12H2,1-2H3. The molecule has 0 saturated carbocycles. The highest BCUT2D eigenvalue weighted by Crippen LogP contribution is 2.27. The van der Waals surface area contributed by atoms with Crippen LogP contribution in [0.4, 0.5) is 11.5 Å². The van der Waals surface area contributed by atoms with Gasteiger partial charge in [0.25, 0.3) is 5.56 Å². The summed E-state index contributed by atoms with van der Waals surface area (Å²) in [7, 11) is 1.99. The molecule has 0 fully saturated rings. The van der Waals surface area contributed by atoms with Crippen molar-refractivity contribution in [1.82, 2.24) is 4.57 Å². The average Bonchev–Trinajstić information content (AvgIpc) is 2.23. The number of rotatable bonds is 1. The lowest BCUT2D eigenvalue weighted by Gasteiger charge is -2.30. The van der Waals surface area contributed by atoms with Crippen LogP contribution in [0.25, 0.3) is 0 Å². The van der Waals surface area contributed by atoms with Gasteiger partial charge in [0.15, 0.2) is 0 Å². The molecule has 0 saturated heterocycles. The van der Waals surface area contributed by atoms with E-state index in [1.165, 1.54) is 0 Å². The van der Waals surface area contributed by atoms with Gasteiger partial charge in [0.1, 0.15) is 5.82 Å². The van der Waals surface area contributed by atoms with Crippen molar-refractivity contribution in [1.29, 1.82) is 0 Å². The second kappa shape index (κ2) is 3.61. The van der Waals surface area contributed by atoms with Gasteiger partial charge in [-0.25, -0.2) is 0 Å². The fraction of sp³-hybridized carbons (Fsp3) is 0.545. The summed E-state index contributed by atoms with van der Waals surface area (Å²) in [5.74, 6) is 0.894. The fourth-order valence-corrected chi connectivity index (χ4v) is 2.19. The highest BCUT2D eigenvalue weighted by molar-refractivity contribution is 5.67. The molecule has 0 spiro atoms. The van der Waals surface area contributed by atoms with Crippen LogP contribution in [0.1, 0.15) is 18.9 Å². The van der Waals surface area contributed by atoms with Crippen LogP contribution in [0.2, 0.25) is 0 Å². The Balaban J connectivity index is 2.69. The fourth-order valence-electron chi connectivity index (χ4n) is 2.19. The molecule has 0 bridgehead atoms. The molecule has 0 atom stereocenters.